The summed E-state index contributed by atoms with van der Waals surface area (Å²) in [5.41, 5.74) is 0. The van der Waals surface area contributed by atoms with Crippen molar-refractivity contribution in [2.75, 3.05) is 11.1 Å². The van der Waals surface area contributed by atoms with Crippen molar-refractivity contribution in [3.8, 4) is 0 Å². The highest BCUT2D eigenvalue weighted by atomic mass is 32.2. The highest BCUT2D eigenvalue weighted by Gasteiger charge is 2.25. The molecular formula is C20H28N6OS2. The van der Waals surface area contributed by atoms with Gasteiger partial charge in [-0.25, -0.2) is 0 Å². The van der Waals surface area contributed by atoms with Gasteiger partial charge >= 0.3 is 0 Å². The number of nitrogens with one attached hydrogen (secondary N) is 1. The van der Waals surface area contributed by atoms with Gasteiger partial charge in [-0.1, -0.05) is 61.3 Å². The molecule has 2 saturated carbocycles. The fraction of sp³-hybridized carbons (Fsp3) is 0.650. The quantitative estimate of drug-likeness (QED) is 0.478. The lowest BCUT2D eigenvalue weighted by Gasteiger charge is -2.18. The average molecular weight is 433 g/mol. The number of carbonyl (C=O) groups is 1. The van der Waals surface area contributed by atoms with Crippen molar-refractivity contribution in [3.05, 3.63) is 23.5 Å². The van der Waals surface area contributed by atoms with Crippen molar-refractivity contribution in [1.29, 1.82) is 0 Å². The van der Waals surface area contributed by atoms with E-state index in [9.17, 15) is 4.79 Å². The van der Waals surface area contributed by atoms with Gasteiger partial charge in [0, 0.05) is 18.4 Å². The third-order valence-corrected chi connectivity index (χ3v) is 7.72. The van der Waals surface area contributed by atoms with Crippen LogP contribution in [0.2, 0.25) is 0 Å². The summed E-state index contributed by atoms with van der Waals surface area (Å²) in [4.78, 5) is 12.4. The van der Waals surface area contributed by atoms with Crippen LogP contribution >= 0.6 is 23.1 Å². The van der Waals surface area contributed by atoms with Crippen LogP contribution in [0.1, 0.15) is 80.5 Å². The number of rotatable bonds is 8. The zero-order valence-corrected chi connectivity index (χ0v) is 18.3. The van der Waals surface area contributed by atoms with E-state index in [0.29, 0.717) is 23.5 Å². The molecule has 156 valence electrons. The van der Waals surface area contributed by atoms with Crippen LogP contribution in [0.3, 0.4) is 0 Å². The van der Waals surface area contributed by atoms with Gasteiger partial charge in [-0.2, -0.15) is 0 Å². The summed E-state index contributed by atoms with van der Waals surface area (Å²) in [6.07, 6.45) is 12.9. The number of allylic oxidation sites excluding steroid dienone is 1. The molecular weight excluding hydrogens is 404 g/mol. The minimum absolute atomic E-state index is 0.0862. The van der Waals surface area contributed by atoms with Crippen LogP contribution in [-0.2, 0) is 11.3 Å². The average Bonchev–Trinajstić information content (AvgIpc) is 3.49. The number of amides is 1. The minimum atomic E-state index is -0.0862. The van der Waals surface area contributed by atoms with Crippen LogP contribution in [0.5, 0.6) is 0 Å². The SMILES string of the molecule is C=CCn1c(SCC(=O)Nc2nnc(C3CCCCC3)s2)nnc1C1CCCC1. The number of aromatic nitrogens is 5. The maximum absolute atomic E-state index is 12.4. The second-order valence-electron chi connectivity index (χ2n) is 7.84. The lowest BCUT2D eigenvalue weighted by Crippen LogP contribution is -2.15. The predicted molar refractivity (Wildman–Crippen MR) is 117 cm³/mol. The van der Waals surface area contributed by atoms with Gasteiger partial charge in [0.05, 0.1) is 5.75 Å². The standard InChI is InChI=1S/C20H28N6OS2/c1-2-12-26-17(14-8-6-7-9-14)22-25-20(26)28-13-16(27)21-19-24-23-18(29-19)15-10-4-3-5-11-15/h2,14-15H,1,3-13H2,(H,21,24,27). The lowest BCUT2D eigenvalue weighted by atomic mass is 9.90. The third kappa shape index (κ3) is 5.06. The summed E-state index contributed by atoms with van der Waals surface area (Å²) in [5, 5.41) is 22.6. The Labute approximate surface area is 179 Å². The van der Waals surface area contributed by atoms with Crippen LogP contribution < -0.4 is 5.32 Å². The van der Waals surface area contributed by atoms with Gasteiger partial charge in [-0.15, -0.1) is 27.0 Å². The monoisotopic (exact) mass is 432 g/mol. The Kier molecular flexibility index (Phi) is 6.97. The second kappa shape index (κ2) is 9.84. The molecule has 29 heavy (non-hydrogen) atoms. The Morgan fingerprint density at radius 3 is 2.55 bits per heavy atom. The molecule has 2 aromatic heterocycles. The van der Waals surface area contributed by atoms with E-state index in [1.54, 1.807) is 0 Å². The van der Waals surface area contributed by atoms with E-state index in [-0.39, 0.29) is 11.7 Å². The first-order chi connectivity index (χ1) is 14.2. The predicted octanol–water partition coefficient (Wildman–Crippen LogP) is 4.75. The van der Waals surface area contributed by atoms with Gasteiger partial charge in [-0.05, 0) is 25.7 Å². The maximum Gasteiger partial charge on any atom is 0.236 e. The van der Waals surface area contributed by atoms with Crippen LogP contribution in [0.25, 0.3) is 0 Å². The van der Waals surface area contributed by atoms with Gasteiger partial charge in [0.25, 0.3) is 0 Å². The molecule has 2 aliphatic rings. The molecule has 2 aliphatic carbocycles. The molecule has 2 fully saturated rings. The van der Waals surface area contributed by atoms with Crippen molar-refractivity contribution in [3.63, 3.8) is 0 Å². The summed E-state index contributed by atoms with van der Waals surface area (Å²) < 4.78 is 2.10. The lowest BCUT2D eigenvalue weighted by molar-refractivity contribution is -0.113. The number of hydrogen-bond acceptors (Lipinski definition) is 7. The van der Waals surface area contributed by atoms with E-state index in [1.165, 1.54) is 80.9 Å². The largest absolute Gasteiger partial charge is 0.302 e. The summed E-state index contributed by atoms with van der Waals surface area (Å²) in [6, 6.07) is 0. The highest BCUT2D eigenvalue weighted by Crippen LogP contribution is 2.36. The van der Waals surface area contributed by atoms with E-state index < -0.39 is 0 Å². The van der Waals surface area contributed by atoms with Crippen molar-refractivity contribution in [2.45, 2.75) is 81.3 Å². The molecule has 0 unspecified atom stereocenters. The second-order valence-corrected chi connectivity index (χ2v) is 9.79. The molecule has 1 amide bonds. The molecule has 0 radical (unpaired) electrons. The van der Waals surface area contributed by atoms with Gasteiger partial charge in [0.15, 0.2) is 5.16 Å². The van der Waals surface area contributed by atoms with Crippen molar-refractivity contribution >= 4 is 34.1 Å². The van der Waals surface area contributed by atoms with E-state index in [4.69, 9.17) is 0 Å². The van der Waals surface area contributed by atoms with Gasteiger partial charge in [0.1, 0.15) is 10.8 Å². The molecule has 0 aliphatic heterocycles. The number of anilines is 1. The normalized spacial score (nSPS) is 18.2. The molecule has 9 heteroatoms. The zero-order valence-electron chi connectivity index (χ0n) is 16.7. The fourth-order valence-electron chi connectivity index (χ4n) is 4.28. The highest BCUT2D eigenvalue weighted by molar-refractivity contribution is 7.99. The Balaban J connectivity index is 1.33. The Morgan fingerprint density at radius 2 is 1.79 bits per heavy atom. The molecule has 2 heterocycles. The van der Waals surface area contributed by atoms with Crippen LogP contribution in [-0.4, -0.2) is 36.6 Å². The molecule has 0 aromatic carbocycles. The Bertz CT molecular complexity index is 836. The summed E-state index contributed by atoms with van der Waals surface area (Å²) in [5.74, 6) is 2.21. The smallest absolute Gasteiger partial charge is 0.236 e. The first kappa shape index (κ1) is 20.5. The summed E-state index contributed by atoms with van der Waals surface area (Å²) in [6.45, 7) is 4.53. The van der Waals surface area contributed by atoms with Crippen LogP contribution in [0.4, 0.5) is 5.13 Å². The van der Waals surface area contributed by atoms with E-state index in [1.807, 2.05) is 6.08 Å². The number of nitrogens with zero attached hydrogens (tertiary/aromatic N) is 5. The van der Waals surface area contributed by atoms with Crippen LogP contribution in [0.15, 0.2) is 17.8 Å². The van der Waals surface area contributed by atoms with Crippen molar-refractivity contribution in [2.24, 2.45) is 0 Å². The first-order valence-electron chi connectivity index (χ1n) is 10.5. The molecule has 4 rings (SSSR count). The molecule has 0 spiro atoms. The first-order valence-corrected chi connectivity index (χ1v) is 12.3. The molecule has 1 N–H and O–H groups in total. The van der Waals surface area contributed by atoms with Crippen LogP contribution in [0, 0.1) is 0 Å². The minimum Gasteiger partial charge on any atom is -0.302 e. The van der Waals surface area contributed by atoms with Gasteiger partial charge < -0.3 is 4.57 Å². The van der Waals surface area contributed by atoms with E-state index in [0.717, 1.165) is 16.0 Å². The molecule has 7 nitrogen and oxygen atoms in total. The van der Waals surface area contributed by atoms with Gasteiger partial charge in [0.2, 0.25) is 11.0 Å². The number of thioether (sulfide) groups is 1. The maximum atomic E-state index is 12.4. The molecule has 0 atom stereocenters. The molecule has 0 bridgehead atoms. The number of carbonyl (C=O) groups excluding carboxylic acids is 1. The topological polar surface area (TPSA) is 85.6 Å². The summed E-state index contributed by atoms with van der Waals surface area (Å²) >= 11 is 2.93. The van der Waals surface area contributed by atoms with E-state index in [2.05, 4.69) is 36.9 Å². The van der Waals surface area contributed by atoms with Gasteiger partial charge in [-0.3, -0.25) is 10.1 Å². The van der Waals surface area contributed by atoms with Crippen molar-refractivity contribution in [1.82, 2.24) is 25.0 Å². The zero-order chi connectivity index (χ0) is 20.1. The summed E-state index contributed by atoms with van der Waals surface area (Å²) in [7, 11) is 0. The Morgan fingerprint density at radius 1 is 1.07 bits per heavy atom. The van der Waals surface area contributed by atoms with Crippen molar-refractivity contribution < 1.29 is 4.79 Å². The number of hydrogen-bond donors (Lipinski definition) is 1. The third-order valence-electron chi connectivity index (χ3n) is 5.75. The molecule has 0 saturated heterocycles. The molecule has 2 aromatic rings. The van der Waals surface area contributed by atoms with E-state index >= 15 is 0 Å². The fourth-order valence-corrected chi connectivity index (χ4v) is 5.96. The Hall–Kier alpha value is -1.74.